The summed E-state index contributed by atoms with van der Waals surface area (Å²) in [6.45, 7) is 4.24. The number of likely N-dealkylation sites (N-methyl/N-ethyl adjacent to an activating group) is 1. The number of hydrogen-bond donors (Lipinski definition) is 11. The second-order valence-corrected chi connectivity index (χ2v) is 15.2. The van der Waals surface area contributed by atoms with Gasteiger partial charge in [0.15, 0.2) is 0 Å². The lowest BCUT2D eigenvalue weighted by molar-refractivity contribution is -0.143. The average molecular weight is 867 g/mol. The minimum atomic E-state index is -2.06. The van der Waals surface area contributed by atoms with E-state index in [0.29, 0.717) is 31.4 Å². The van der Waals surface area contributed by atoms with Crippen LogP contribution in [0.15, 0.2) is 48.5 Å². The average Bonchev–Trinajstić information content (AvgIpc) is 3.25. The highest BCUT2D eigenvalue weighted by Crippen LogP contribution is 2.21. The summed E-state index contributed by atoms with van der Waals surface area (Å²) in [5.41, 5.74) is 25.9. The van der Waals surface area contributed by atoms with E-state index in [-0.39, 0.29) is 57.5 Å². The Morgan fingerprint density at radius 3 is 1.84 bits per heavy atom. The first-order valence-corrected chi connectivity index (χ1v) is 21.3. The second kappa shape index (κ2) is 28.2. The van der Waals surface area contributed by atoms with Crippen LogP contribution < -0.4 is 49.5 Å². The summed E-state index contributed by atoms with van der Waals surface area (Å²) in [4.78, 5) is 93.0. The van der Waals surface area contributed by atoms with Crippen molar-refractivity contribution in [1.82, 2.24) is 31.5 Å². The van der Waals surface area contributed by atoms with Crippen molar-refractivity contribution in [1.29, 1.82) is 0 Å². The van der Waals surface area contributed by atoms with Gasteiger partial charge in [0.05, 0.1) is 0 Å². The van der Waals surface area contributed by atoms with Gasteiger partial charge in [0.2, 0.25) is 35.4 Å². The van der Waals surface area contributed by atoms with Gasteiger partial charge in [-0.3, -0.25) is 33.6 Å². The van der Waals surface area contributed by atoms with Gasteiger partial charge < -0.3 is 64.5 Å². The highest BCUT2D eigenvalue weighted by molar-refractivity contribution is 6.43. The van der Waals surface area contributed by atoms with Crippen LogP contribution in [0.3, 0.4) is 0 Å². The SMILES string of the molecule is CCCCc1ccc(-c2ccc(C(=O)NCCC(=O)N[C@@H](CCCN)C(=O)N(C)[C@@H](CCC(N)=O)C(=O)N[C@@H](CC)C(=O)N[C@@H](CCCCN)C(=O)N[C@@H](N)B(O)O)cc2)cc1. The topological polar surface area (TPSA) is 327 Å². The van der Waals surface area contributed by atoms with Crippen LogP contribution in [0.1, 0.15) is 100 Å². The minimum Gasteiger partial charge on any atom is -0.425 e. The normalized spacial score (nSPS) is 13.4. The number of amides is 7. The van der Waals surface area contributed by atoms with Crippen molar-refractivity contribution >= 4 is 48.5 Å². The largest absolute Gasteiger partial charge is 0.490 e. The number of nitrogens with zero attached hydrogens (tertiary/aromatic N) is 1. The Labute approximate surface area is 364 Å². The smallest absolute Gasteiger partial charge is 0.425 e. The molecule has 342 valence electrons. The zero-order chi connectivity index (χ0) is 46.2. The Bertz CT molecular complexity index is 1750. The van der Waals surface area contributed by atoms with Gasteiger partial charge >= 0.3 is 7.12 Å². The molecule has 0 aliphatic heterocycles. The maximum atomic E-state index is 13.9. The summed E-state index contributed by atoms with van der Waals surface area (Å²) < 4.78 is 0. The highest BCUT2D eigenvalue weighted by Gasteiger charge is 2.35. The number of nitrogens with one attached hydrogen (secondary N) is 5. The molecule has 0 fully saturated rings. The molecule has 19 nitrogen and oxygen atoms in total. The number of hydrogen-bond acceptors (Lipinski definition) is 12. The van der Waals surface area contributed by atoms with E-state index in [0.717, 1.165) is 35.3 Å². The van der Waals surface area contributed by atoms with Crippen molar-refractivity contribution in [3.8, 4) is 11.1 Å². The maximum Gasteiger partial charge on any atom is 0.490 e. The van der Waals surface area contributed by atoms with Crippen molar-refractivity contribution in [3.05, 3.63) is 59.7 Å². The van der Waals surface area contributed by atoms with Crippen LogP contribution in [0, 0.1) is 0 Å². The number of aryl methyl sites for hydroxylation is 1. The molecule has 15 N–H and O–H groups in total. The highest BCUT2D eigenvalue weighted by atomic mass is 16.4. The molecule has 0 bridgehead atoms. The molecule has 0 saturated heterocycles. The van der Waals surface area contributed by atoms with E-state index in [1.807, 2.05) is 12.1 Å². The minimum absolute atomic E-state index is 0.0326. The molecule has 5 atom stereocenters. The molecule has 0 spiro atoms. The first-order valence-electron chi connectivity index (χ1n) is 21.3. The third kappa shape index (κ3) is 18.3. The zero-order valence-electron chi connectivity index (χ0n) is 36.2. The molecule has 0 radical (unpaired) electrons. The summed E-state index contributed by atoms with van der Waals surface area (Å²) in [6, 6.07) is 9.08. The molecule has 0 aliphatic rings. The zero-order valence-corrected chi connectivity index (χ0v) is 36.2. The van der Waals surface area contributed by atoms with Crippen LogP contribution in [0.25, 0.3) is 11.1 Å². The van der Waals surface area contributed by atoms with Crippen LogP contribution in [0.5, 0.6) is 0 Å². The van der Waals surface area contributed by atoms with Crippen molar-refractivity contribution < 1.29 is 43.6 Å². The fourth-order valence-corrected chi connectivity index (χ4v) is 6.47. The number of benzene rings is 2. The lowest BCUT2D eigenvalue weighted by Crippen LogP contribution is -2.60. The molecule has 2 aromatic rings. The van der Waals surface area contributed by atoms with Gasteiger partial charge in [-0.25, -0.2) is 0 Å². The van der Waals surface area contributed by atoms with Crippen LogP contribution in [0.4, 0.5) is 0 Å². The van der Waals surface area contributed by atoms with Gasteiger partial charge in [0, 0.05) is 32.0 Å². The van der Waals surface area contributed by atoms with Gasteiger partial charge in [0.25, 0.3) is 5.91 Å². The summed E-state index contributed by atoms with van der Waals surface area (Å²) >= 11 is 0. The van der Waals surface area contributed by atoms with Crippen molar-refractivity contribution in [3.63, 3.8) is 0 Å². The second-order valence-electron chi connectivity index (χ2n) is 15.2. The molecular formula is C42H67BN10O9. The molecule has 2 aromatic carbocycles. The summed E-state index contributed by atoms with van der Waals surface area (Å²) in [5.74, 6) is -4.70. The molecule has 2 rings (SSSR count). The Balaban J connectivity index is 2.11. The quantitative estimate of drug-likeness (QED) is 0.0268. The Morgan fingerprint density at radius 1 is 0.694 bits per heavy atom. The number of carbonyl (C=O) groups excluding carboxylic acids is 7. The van der Waals surface area contributed by atoms with Crippen molar-refractivity contribution in [2.24, 2.45) is 22.9 Å². The summed E-state index contributed by atoms with van der Waals surface area (Å²) in [5, 5.41) is 31.4. The number of carbonyl (C=O) groups is 7. The van der Waals surface area contributed by atoms with E-state index >= 15 is 0 Å². The van der Waals surface area contributed by atoms with Crippen molar-refractivity contribution in [2.75, 3.05) is 26.7 Å². The Kier molecular flexibility index (Phi) is 24.0. The molecule has 0 saturated carbocycles. The molecule has 0 aromatic heterocycles. The molecular weight excluding hydrogens is 799 g/mol. The number of primary amides is 1. The van der Waals surface area contributed by atoms with Crippen LogP contribution in [-0.4, -0.2) is 120 Å². The van der Waals surface area contributed by atoms with Crippen LogP contribution >= 0.6 is 0 Å². The van der Waals surface area contributed by atoms with E-state index in [9.17, 15) is 43.6 Å². The van der Waals surface area contributed by atoms with Gasteiger partial charge in [-0.05, 0) is 99.7 Å². The molecule has 7 amide bonds. The monoisotopic (exact) mass is 867 g/mol. The Morgan fingerprint density at radius 2 is 1.27 bits per heavy atom. The standard InChI is InChI=1S/C42H67BN10O9/c1-4-6-10-27-13-15-28(16-14-27)29-17-19-30(20-18-29)37(56)48-26-23-36(55)49-33(12-9-25-45)41(60)53(3)34(21-22-35(46)54)40(59)50-31(5-2)38(57)51-32(11-7-8-24-44)39(58)52-42(47)43(61)62/h13-20,31-34,42,61-62H,4-12,21-26,44-45,47H2,1-3H3,(H2,46,54)(H,48,56)(H,49,55)(H,50,59)(H,51,57)(H,52,58)/t31-,32-,33-,34-,42+/m0/s1. The van der Waals surface area contributed by atoms with Crippen LogP contribution in [0.2, 0.25) is 0 Å². The Hall–Kier alpha value is -5.41. The van der Waals surface area contributed by atoms with E-state index in [2.05, 4.69) is 57.8 Å². The summed E-state index contributed by atoms with van der Waals surface area (Å²) in [6.07, 6.45) is 4.17. The number of rotatable bonds is 29. The molecule has 20 heteroatoms. The van der Waals surface area contributed by atoms with Gasteiger partial charge in [-0.15, -0.1) is 0 Å². The van der Waals surface area contributed by atoms with E-state index in [1.165, 1.54) is 12.6 Å². The maximum absolute atomic E-state index is 13.9. The van der Waals surface area contributed by atoms with Gasteiger partial charge in [-0.2, -0.15) is 0 Å². The van der Waals surface area contributed by atoms with E-state index in [4.69, 9.17) is 22.9 Å². The predicted octanol–water partition coefficient (Wildman–Crippen LogP) is -0.946. The third-order valence-electron chi connectivity index (χ3n) is 10.3. The predicted molar refractivity (Wildman–Crippen MR) is 236 cm³/mol. The van der Waals surface area contributed by atoms with E-state index in [1.54, 1.807) is 19.1 Å². The lowest BCUT2D eigenvalue weighted by Gasteiger charge is -2.32. The molecule has 0 heterocycles. The fourth-order valence-electron chi connectivity index (χ4n) is 6.47. The first-order chi connectivity index (χ1) is 29.6. The van der Waals surface area contributed by atoms with Gasteiger partial charge in [0.1, 0.15) is 30.2 Å². The van der Waals surface area contributed by atoms with E-state index < -0.39 is 72.8 Å². The first kappa shape index (κ1) is 52.7. The molecule has 62 heavy (non-hydrogen) atoms. The third-order valence-corrected chi connectivity index (χ3v) is 10.3. The number of unbranched alkanes of at least 4 members (excludes halogenated alkanes) is 2. The lowest BCUT2D eigenvalue weighted by atomic mass is 9.86. The van der Waals surface area contributed by atoms with Gasteiger partial charge in [-0.1, -0.05) is 56.7 Å². The fraction of sp³-hybridized carbons (Fsp3) is 0.548. The molecule has 0 aliphatic carbocycles. The molecule has 0 unspecified atom stereocenters. The van der Waals surface area contributed by atoms with Crippen molar-refractivity contribution in [2.45, 2.75) is 121 Å². The number of nitrogens with two attached hydrogens (primary N) is 4. The summed E-state index contributed by atoms with van der Waals surface area (Å²) in [7, 11) is -0.741. The van der Waals surface area contributed by atoms with Crippen LogP contribution in [-0.2, 0) is 35.2 Å².